The van der Waals surface area contributed by atoms with E-state index >= 15 is 0 Å². The maximum Gasteiger partial charge on any atom is 0.401 e. The molecule has 0 spiro atoms. The lowest BCUT2D eigenvalue weighted by Crippen LogP contribution is -2.67. The fraction of sp³-hybridized carbons (Fsp3) is 0.432. The number of nitrogens with one attached hydrogen (secondary N) is 2. The summed E-state index contributed by atoms with van der Waals surface area (Å²) in [6, 6.07) is 18.7. The highest BCUT2D eigenvalue weighted by molar-refractivity contribution is 6.49. The lowest BCUT2D eigenvalue weighted by atomic mass is 9.83. The number of ketones is 2. The first-order chi connectivity index (χ1) is 23.4. The molecule has 2 unspecified atom stereocenters. The third kappa shape index (κ3) is 8.44. The van der Waals surface area contributed by atoms with Crippen molar-refractivity contribution in [1.29, 1.82) is 0 Å². The molecule has 0 bridgehead atoms. The molecule has 258 valence electrons. The van der Waals surface area contributed by atoms with Crippen LogP contribution < -0.4 is 15.5 Å². The monoisotopic (exact) mass is 692 g/mol. The molecule has 2 N–H and O–H groups in total. The van der Waals surface area contributed by atoms with Crippen molar-refractivity contribution in [3.8, 4) is 11.8 Å². The highest BCUT2D eigenvalue weighted by Gasteiger charge is 2.50. The number of halogens is 4. The van der Waals surface area contributed by atoms with Gasteiger partial charge in [-0.25, -0.2) is 4.98 Å². The van der Waals surface area contributed by atoms with Crippen molar-refractivity contribution < 1.29 is 22.8 Å². The number of alkyl halides is 3. The molecular weight excluding hydrogens is 653 g/mol. The number of likely N-dealkylation sites (tertiary alicyclic amines) is 1. The summed E-state index contributed by atoms with van der Waals surface area (Å²) in [6.07, 6.45) is -0.807. The number of aromatic nitrogens is 1. The van der Waals surface area contributed by atoms with Crippen LogP contribution in [-0.4, -0.2) is 95.5 Å². The van der Waals surface area contributed by atoms with E-state index in [1.54, 1.807) is 6.07 Å². The van der Waals surface area contributed by atoms with E-state index in [9.17, 15) is 22.8 Å². The lowest BCUT2D eigenvalue weighted by molar-refractivity contribution is -0.149. The van der Waals surface area contributed by atoms with Crippen LogP contribution in [0.5, 0.6) is 0 Å². The average Bonchev–Trinajstić information content (AvgIpc) is 3.09. The second-order valence-electron chi connectivity index (χ2n) is 13.2. The Morgan fingerprint density at radius 1 is 0.898 bits per heavy atom. The topological polar surface area (TPSA) is 80.8 Å². The van der Waals surface area contributed by atoms with Gasteiger partial charge in [0.1, 0.15) is 17.9 Å². The van der Waals surface area contributed by atoms with Crippen molar-refractivity contribution in [2.24, 2.45) is 0 Å². The molecule has 3 heterocycles. The molecule has 3 aliphatic rings. The summed E-state index contributed by atoms with van der Waals surface area (Å²) in [5.74, 6) is 5.42. The van der Waals surface area contributed by atoms with Crippen LogP contribution in [0.4, 0.5) is 24.7 Å². The van der Waals surface area contributed by atoms with Gasteiger partial charge in [0.25, 0.3) is 0 Å². The van der Waals surface area contributed by atoms with Crippen LogP contribution in [0.15, 0.2) is 66.9 Å². The normalized spacial score (nSPS) is 23.9. The van der Waals surface area contributed by atoms with Crippen molar-refractivity contribution in [3.05, 3.63) is 88.6 Å². The van der Waals surface area contributed by atoms with Gasteiger partial charge in [-0.1, -0.05) is 53.8 Å². The van der Waals surface area contributed by atoms with Crippen LogP contribution in [-0.2, 0) is 16.1 Å². The zero-order valence-electron chi connectivity index (χ0n) is 27.5. The van der Waals surface area contributed by atoms with E-state index < -0.39 is 36.4 Å². The zero-order valence-corrected chi connectivity index (χ0v) is 28.3. The Morgan fingerprint density at radius 2 is 1.55 bits per heavy atom. The first-order valence-corrected chi connectivity index (χ1v) is 17.0. The molecule has 6 rings (SSSR count). The lowest BCUT2D eigenvalue weighted by Gasteiger charge is -2.49. The Bertz CT molecular complexity index is 1700. The highest BCUT2D eigenvalue weighted by Crippen LogP contribution is 2.33. The minimum atomic E-state index is -4.50. The first-order valence-electron chi connectivity index (χ1n) is 16.7. The van der Waals surface area contributed by atoms with Gasteiger partial charge >= 0.3 is 6.18 Å². The van der Waals surface area contributed by atoms with Crippen LogP contribution >= 0.6 is 11.6 Å². The number of anilines is 2. The number of hydrogen-bond acceptors (Lipinski definition) is 8. The van der Waals surface area contributed by atoms with Crippen molar-refractivity contribution in [2.75, 3.05) is 42.9 Å². The van der Waals surface area contributed by atoms with E-state index in [1.807, 2.05) is 30.3 Å². The number of rotatable bonds is 8. The average molecular weight is 693 g/mol. The third-order valence-electron chi connectivity index (χ3n) is 9.62. The molecule has 49 heavy (non-hydrogen) atoms. The molecule has 4 atom stereocenters. The molecule has 8 nitrogen and oxygen atoms in total. The molecule has 0 amide bonds. The second-order valence-corrected chi connectivity index (χ2v) is 13.6. The summed E-state index contributed by atoms with van der Waals surface area (Å²) in [7, 11) is 0. The molecule has 1 aliphatic carbocycles. The minimum absolute atomic E-state index is 0.142. The smallest absolute Gasteiger partial charge is 0.372 e. The molecule has 2 aliphatic heterocycles. The number of pyridine rings is 1. The molecule has 0 radical (unpaired) electrons. The summed E-state index contributed by atoms with van der Waals surface area (Å²) in [6.45, 7) is 7.60. The van der Waals surface area contributed by atoms with E-state index in [4.69, 9.17) is 11.6 Å². The van der Waals surface area contributed by atoms with Gasteiger partial charge < -0.3 is 10.2 Å². The summed E-state index contributed by atoms with van der Waals surface area (Å²) < 4.78 is 38.0. The molecule has 1 aromatic heterocycles. The van der Waals surface area contributed by atoms with E-state index in [2.05, 4.69) is 80.3 Å². The SMILES string of the molecule is C[C@@H]1CN(c2ncc(NC3C(=O)C(=O)C3NCC(F)(F)F)cc2Cl)[C@@H](C)CN1C1CCN(Cc2ccc(C#Cc3ccccc3)cc2)CC1. The second kappa shape index (κ2) is 14.9. The van der Waals surface area contributed by atoms with Gasteiger partial charge in [0.05, 0.1) is 23.5 Å². The molecule has 1 saturated carbocycles. The number of piperidine rings is 1. The first kappa shape index (κ1) is 34.9. The number of hydrogen-bond donors (Lipinski definition) is 2. The number of piperazine rings is 1. The molecule has 2 aromatic carbocycles. The standard InChI is InChI=1S/C37H40ClF3N6O2/c1-24-21-47(36-31(38)18-29(19-42-36)44-33-32(34(48)35(33)49)43-23-37(39,40)41)25(2)20-46(24)30-14-16-45(17-15-30)22-28-12-10-27(11-13-28)9-8-26-6-4-3-5-7-26/h3-7,10-13,18-19,24-25,30,32-33,43-44H,14-17,20-23H2,1-2H3/t24-,25+,32?,33?/m1/s1. The zero-order chi connectivity index (χ0) is 34.7. The highest BCUT2D eigenvalue weighted by atomic mass is 35.5. The van der Waals surface area contributed by atoms with E-state index in [0.717, 1.165) is 56.7 Å². The molecule has 2 saturated heterocycles. The van der Waals surface area contributed by atoms with Gasteiger partial charge in [0, 0.05) is 48.9 Å². The Labute approximate surface area is 290 Å². The maximum absolute atomic E-state index is 12.7. The Hall–Kier alpha value is -3.95. The molecule has 12 heteroatoms. The largest absolute Gasteiger partial charge is 0.401 e. The van der Waals surface area contributed by atoms with Gasteiger partial charge in [0.15, 0.2) is 0 Å². The van der Waals surface area contributed by atoms with Gasteiger partial charge in [-0.2, -0.15) is 13.2 Å². The Balaban J connectivity index is 0.991. The van der Waals surface area contributed by atoms with Gasteiger partial charge in [-0.3, -0.25) is 24.7 Å². The van der Waals surface area contributed by atoms with E-state index in [-0.39, 0.29) is 12.1 Å². The van der Waals surface area contributed by atoms with Crippen molar-refractivity contribution in [1.82, 2.24) is 20.1 Å². The van der Waals surface area contributed by atoms with Crippen LogP contribution in [0, 0.1) is 11.8 Å². The van der Waals surface area contributed by atoms with E-state index in [1.165, 1.54) is 11.8 Å². The van der Waals surface area contributed by atoms with Crippen LogP contribution in [0.3, 0.4) is 0 Å². The number of carbonyl (C=O) groups excluding carboxylic acids is 2. The van der Waals surface area contributed by atoms with Gasteiger partial charge in [0.2, 0.25) is 11.6 Å². The predicted molar refractivity (Wildman–Crippen MR) is 185 cm³/mol. The Morgan fingerprint density at radius 3 is 2.20 bits per heavy atom. The fourth-order valence-corrected chi connectivity index (χ4v) is 7.26. The Kier molecular flexibility index (Phi) is 10.6. The summed E-state index contributed by atoms with van der Waals surface area (Å²) in [5, 5.41) is 5.32. The van der Waals surface area contributed by atoms with Crippen molar-refractivity contribution in [3.63, 3.8) is 0 Å². The predicted octanol–water partition coefficient (Wildman–Crippen LogP) is 5.15. The van der Waals surface area contributed by atoms with E-state index in [0.29, 0.717) is 22.6 Å². The van der Waals surface area contributed by atoms with Crippen molar-refractivity contribution >= 4 is 34.7 Å². The third-order valence-corrected chi connectivity index (χ3v) is 9.90. The quantitative estimate of drug-likeness (QED) is 0.248. The molecular formula is C37H40ClF3N6O2. The van der Waals surface area contributed by atoms with Crippen LogP contribution in [0.2, 0.25) is 5.02 Å². The number of Topliss-reactive ketones (excluding diaryl/α,β-unsaturated/α-hetero) is 2. The number of nitrogens with zero attached hydrogens (tertiary/aromatic N) is 4. The minimum Gasteiger partial charge on any atom is -0.372 e. The van der Waals surface area contributed by atoms with Crippen LogP contribution in [0.25, 0.3) is 0 Å². The fourth-order valence-electron chi connectivity index (χ4n) is 6.98. The summed E-state index contributed by atoms with van der Waals surface area (Å²) in [4.78, 5) is 35.9. The van der Waals surface area contributed by atoms with Gasteiger partial charge in [-0.15, -0.1) is 0 Å². The number of carbonyl (C=O) groups is 2. The molecule has 3 aromatic rings. The number of benzene rings is 2. The van der Waals surface area contributed by atoms with Crippen molar-refractivity contribution in [2.45, 2.75) is 69.6 Å². The summed E-state index contributed by atoms with van der Waals surface area (Å²) >= 11 is 6.67. The van der Waals surface area contributed by atoms with Gasteiger partial charge in [-0.05, 0) is 75.7 Å². The molecule has 3 fully saturated rings. The van der Waals surface area contributed by atoms with Crippen LogP contribution in [0.1, 0.15) is 43.4 Å². The maximum atomic E-state index is 12.7. The summed E-state index contributed by atoms with van der Waals surface area (Å²) in [5.41, 5.74) is 3.66.